The van der Waals surface area contributed by atoms with Crippen LogP contribution in [0.4, 0.5) is 30.7 Å². The summed E-state index contributed by atoms with van der Waals surface area (Å²) < 4.78 is 84.5. The first-order valence-electron chi connectivity index (χ1n) is 3.77. The Morgan fingerprint density at radius 3 is 1.21 bits per heavy atom. The lowest BCUT2D eigenvalue weighted by Crippen LogP contribution is -2.41. The number of rotatable bonds is 5. The Morgan fingerprint density at radius 2 is 0.929 bits per heavy atom. The minimum Gasteiger partial charge on any atom is -0.244 e. The minimum absolute atomic E-state index is 0.583. The van der Waals surface area contributed by atoms with Gasteiger partial charge in [-0.15, -0.1) is 0 Å². The largest absolute Gasteiger partial charge is 0.272 e. The second-order valence-electron chi connectivity index (χ2n) is 2.79. The average molecular weight is 226 g/mol. The molecule has 0 aliphatic rings. The third kappa shape index (κ3) is 3.34. The van der Waals surface area contributed by atoms with Crippen molar-refractivity contribution < 1.29 is 30.7 Å². The lowest BCUT2D eigenvalue weighted by molar-refractivity contribution is -0.0494. The zero-order valence-electron chi connectivity index (χ0n) is 7.11. The predicted octanol–water partition coefficient (Wildman–Crippen LogP) is 2.96. The number of alkyl halides is 7. The average Bonchev–Trinajstić information content (AvgIpc) is 2.12. The molecule has 0 aliphatic heterocycles. The van der Waals surface area contributed by atoms with Gasteiger partial charge in [0, 0.05) is 0 Å². The topological polar surface area (TPSA) is 0 Å². The molecule has 0 fully saturated rings. The zero-order chi connectivity index (χ0) is 11.5. The number of hydrogen-bond donors (Lipinski definition) is 0. The van der Waals surface area contributed by atoms with Crippen molar-refractivity contribution in [3.05, 3.63) is 0 Å². The highest BCUT2D eigenvalue weighted by Gasteiger charge is 2.42. The van der Waals surface area contributed by atoms with E-state index in [4.69, 9.17) is 0 Å². The molecule has 0 aromatic carbocycles. The fraction of sp³-hybridized carbons (Fsp3) is 1.00. The Hall–Kier alpha value is -0.490. The van der Waals surface area contributed by atoms with Gasteiger partial charge in [-0.2, -0.15) is 0 Å². The Labute approximate surface area is 76.1 Å². The van der Waals surface area contributed by atoms with E-state index in [9.17, 15) is 30.7 Å². The normalized spacial score (nSPS) is 22.9. The van der Waals surface area contributed by atoms with E-state index >= 15 is 0 Å². The smallest absolute Gasteiger partial charge is 0.244 e. The monoisotopic (exact) mass is 226 g/mol. The molecule has 0 saturated carbocycles. The fourth-order valence-corrected chi connectivity index (χ4v) is 0.744. The molecule has 0 aromatic heterocycles. The molecule has 0 aromatic rings. The molecule has 5 unspecified atom stereocenters. The lowest BCUT2D eigenvalue weighted by Gasteiger charge is -2.20. The van der Waals surface area contributed by atoms with Crippen LogP contribution in [-0.4, -0.2) is 37.3 Å². The Kier molecular flexibility index (Phi) is 5.22. The van der Waals surface area contributed by atoms with E-state index in [0.29, 0.717) is 6.92 Å². The molecule has 0 spiro atoms. The summed E-state index contributed by atoms with van der Waals surface area (Å²) in [5.74, 6) is 0. The van der Waals surface area contributed by atoms with Crippen molar-refractivity contribution in [3.8, 4) is 0 Å². The van der Waals surface area contributed by atoms with Crippen LogP contribution in [0.3, 0.4) is 0 Å². The summed E-state index contributed by atoms with van der Waals surface area (Å²) in [4.78, 5) is 0. The van der Waals surface area contributed by atoms with Crippen LogP contribution in [0.2, 0.25) is 0 Å². The molecule has 0 rings (SSSR count). The first kappa shape index (κ1) is 13.5. The van der Waals surface area contributed by atoms with Crippen LogP contribution in [0.15, 0.2) is 0 Å². The van der Waals surface area contributed by atoms with Gasteiger partial charge in [0.1, 0.15) is 6.17 Å². The van der Waals surface area contributed by atoms with Crippen LogP contribution in [0.1, 0.15) is 6.92 Å². The quantitative estimate of drug-likeness (QED) is 0.632. The van der Waals surface area contributed by atoms with Crippen molar-refractivity contribution in [1.82, 2.24) is 0 Å². The first-order chi connectivity index (χ1) is 6.29. The molecule has 0 saturated heterocycles. The van der Waals surface area contributed by atoms with Gasteiger partial charge in [0.15, 0.2) is 24.7 Å². The van der Waals surface area contributed by atoms with Crippen molar-refractivity contribution in [2.45, 2.75) is 44.2 Å². The van der Waals surface area contributed by atoms with Gasteiger partial charge in [-0.1, -0.05) is 0 Å². The molecule has 86 valence electrons. The zero-order valence-corrected chi connectivity index (χ0v) is 7.11. The van der Waals surface area contributed by atoms with E-state index in [2.05, 4.69) is 0 Å². The summed E-state index contributed by atoms with van der Waals surface area (Å²) >= 11 is 0. The maximum absolute atomic E-state index is 12.5. The van der Waals surface area contributed by atoms with Crippen LogP contribution < -0.4 is 0 Å². The van der Waals surface area contributed by atoms with Crippen molar-refractivity contribution in [3.63, 3.8) is 0 Å². The number of halogens is 7. The first-order valence-corrected chi connectivity index (χ1v) is 3.77. The SMILES string of the molecule is CC(F)C(F)C(F)C(F)C(F)C(F)F. The molecule has 0 bridgehead atoms. The Bertz CT molecular complexity index is 142. The van der Waals surface area contributed by atoms with Crippen LogP contribution in [0, 0.1) is 0 Å². The molecule has 7 heteroatoms. The lowest BCUT2D eigenvalue weighted by atomic mass is 10.1. The van der Waals surface area contributed by atoms with Gasteiger partial charge >= 0.3 is 0 Å². The molecule has 14 heavy (non-hydrogen) atoms. The van der Waals surface area contributed by atoms with Crippen LogP contribution in [0.25, 0.3) is 0 Å². The Balaban J connectivity index is 4.30. The molecular weight excluding hydrogens is 217 g/mol. The third-order valence-electron chi connectivity index (χ3n) is 1.59. The van der Waals surface area contributed by atoms with E-state index in [1.165, 1.54) is 0 Å². The Morgan fingerprint density at radius 1 is 0.571 bits per heavy atom. The molecule has 0 radical (unpaired) electrons. The van der Waals surface area contributed by atoms with E-state index in [1.54, 1.807) is 0 Å². The molecule has 0 heterocycles. The molecule has 0 amide bonds. The summed E-state index contributed by atoms with van der Waals surface area (Å²) in [7, 11) is 0. The van der Waals surface area contributed by atoms with E-state index < -0.39 is 37.3 Å². The van der Waals surface area contributed by atoms with Gasteiger partial charge in [-0.3, -0.25) is 0 Å². The second-order valence-corrected chi connectivity index (χ2v) is 2.79. The molecule has 0 nitrogen and oxygen atoms in total. The van der Waals surface area contributed by atoms with Gasteiger partial charge in [-0.05, 0) is 6.92 Å². The van der Waals surface area contributed by atoms with Gasteiger partial charge in [0.2, 0.25) is 0 Å². The summed E-state index contributed by atoms with van der Waals surface area (Å²) in [6, 6.07) is 0. The molecular formula is C7H9F7. The van der Waals surface area contributed by atoms with E-state index in [1.807, 2.05) is 0 Å². The highest BCUT2D eigenvalue weighted by Crippen LogP contribution is 2.23. The van der Waals surface area contributed by atoms with Crippen LogP contribution in [0.5, 0.6) is 0 Å². The van der Waals surface area contributed by atoms with Crippen molar-refractivity contribution in [2.24, 2.45) is 0 Å². The van der Waals surface area contributed by atoms with Crippen LogP contribution >= 0.6 is 0 Å². The number of hydrogen-bond acceptors (Lipinski definition) is 0. The van der Waals surface area contributed by atoms with Crippen molar-refractivity contribution in [2.75, 3.05) is 0 Å². The second kappa shape index (κ2) is 5.41. The molecule has 0 N–H and O–H groups in total. The van der Waals surface area contributed by atoms with Gasteiger partial charge in [-0.25, -0.2) is 30.7 Å². The van der Waals surface area contributed by atoms with E-state index in [0.717, 1.165) is 0 Å². The van der Waals surface area contributed by atoms with Gasteiger partial charge < -0.3 is 0 Å². The van der Waals surface area contributed by atoms with Gasteiger partial charge in [0.05, 0.1) is 0 Å². The predicted molar refractivity (Wildman–Crippen MR) is 36.2 cm³/mol. The highest BCUT2D eigenvalue weighted by molar-refractivity contribution is 4.85. The minimum atomic E-state index is -3.76. The maximum Gasteiger partial charge on any atom is 0.272 e. The molecule has 0 aliphatic carbocycles. The third-order valence-corrected chi connectivity index (χ3v) is 1.59. The summed E-state index contributed by atoms with van der Waals surface area (Å²) in [6.45, 7) is 0.583. The summed E-state index contributed by atoms with van der Waals surface area (Å²) in [5.41, 5.74) is 0. The summed E-state index contributed by atoms with van der Waals surface area (Å²) in [6.07, 6.45) is -19.1. The maximum atomic E-state index is 12.5. The molecule has 5 atom stereocenters. The standard InChI is InChI=1S/C7H9F7/c1-2(8)3(9)4(10)5(11)6(12)7(13)14/h2-7H,1H3. The van der Waals surface area contributed by atoms with Crippen molar-refractivity contribution in [1.29, 1.82) is 0 Å². The van der Waals surface area contributed by atoms with Gasteiger partial charge in [0.25, 0.3) is 6.43 Å². The fourth-order valence-electron chi connectivity index (χ4n) is 0.744. The highest BCUT2D eigenvalue weighted by atomic mass is 19.3. The van der Waals surface area contributed by atoms with Crippen molar-refractivity contribution >= 4 is 0 Å². The van der Waals surface area contributed by atoms with E-state index in [-0.39, 0.29) is 0 Å². The van der Waals surface area contributed by atoms with Crippen LogP contribution in [-0.2, 0) is 0 Å². The summed E-state index contributed by atoms with van der Waals surface area (Å²) in [5, 5.41) is 0.